The third kappa shape index (κ3) is 4.16. The molecule has 5 rings (SSSR count). The molecule has 38 heavy (non-hydrogen) atoms. The Morgan fingerprint density at radius 1 is 1.08 bits per heavy atom. The zero-order chi connectivity index (χ0) is 27.4. The number of hydrogen-bond acceptors (Lipinski definition) is 9. The topological polar surface area (TPSA) is 144 Å². The third-order valence-electron chi connectivity index (χ3n) is 9.05. The van der Waals surface area contributed by atoms with Crippen molar-refractivity contribution in [3.05, 3.63) is 29.3 Å². The molecule has 1 spiro atoms. The lowest BCUT2D eigenvalue weighted by Crippen LogP contribution is -2.74. The SMILES string of the molecule is CCc1ccc(C2(OC)OOC23C(CC)CC2CC(Cl)CC3C2)cc1O[C@@H]1O[C@H](C(=O)O)[C@@H](O)[C@H](O)[C@H]1O. The highest BCUT2D eigenvalue weighted by molar-refractivity contribution is 6.20. The van der Waals surface area contributed by atoms with Crippen molar-refractivity contribution < 1.29 is 49.2 Å². The van der Waals surface area contributed by atoms with Gasteiger partial charge < -0.3 is 34.6 Å². The largest absolute Gasteiger partial charge is 0.479 e. The number of methoxy groups -OCH3 is 1. The lowest BCUT2D eigenvalue weighted by Gasteiger charge is -2.65. The van der Waals surface area contributed by atoms with Gasteiger partial charge in [-0.15, -0.1) is 11.6 Å². The molecule has 2 saturated carbocycles. The maximum atomic E-state index is 11.6. The first kappa shape index (κ1) is 28.0. The fourth-order valence-corrected chi connectivity index (χ4v) is 7.66. The van der Waals surface area contributed by atoms with Crippen LogP contribution >= 0.6 is 11.6 Å². The smallest absolute Gasteiger partial charge is 0.335 e. The molecule has 11 heteroatoms. The molecular weight excluding hydrogens is 520 g/mol. The molecule has 2 heterocycles. The van der Waals surface area contributed by atoms with Crippen molar-refractivity contribution in [2.75, 3.05) is 7.11 Å². The summed E-state index contributed by atoms with van der Waals surface area (Å²) in [6.45, 7) is 4.06. The normalized spacial score (nSPS) is 44.4. The minimum absolute atomic E-state index is 0.0578. The van der Waals surface area contributed by atoms with E-state index in [1.807, 2.05) is 19.1 Å². The summed E-state index contributed by atoms with van der Waals surface area (Å²) in [6.07, 6.45) is -3.39. The van der Waals surface area contributed by atoms with Crippen molar-refractivity contribution in [1.82, 2.24) is 0 Å². The summed E-state index contributed by atoms with van der Waals surface area (Å²) >= 11 is 6.67. The molecule has 4 aliphatic rings. The summed E-state index contributed by atoms with van der Waals surface area (Å²) < 4.78 is 17.5. The fraction of sp³-hybridized carbons (Fsp3) is 0.741. The number of aliphatic carboxylic acids is 1. The molecular formula is C27H37ClO10. The molecule has 1 aromatic carbocycles. The van der Waals surface area contributed by atoms with E-state index in [9.17, 15) is 25.2 Å². The Bertz CT molecular complexity index is 1030. The monoisotopic (exact) mass is 556 g/mol. The summed E-state index contributed by atoms with van der Waals surface area (Å²) in [6, 6.07) is 5.49. The van der Waals surface area contributed by atoms with E-state index in [-0.39, 0.29) is 17.2 Å². The summed E-state index contributed by atoms with van der Waals surface area (Å²) in [5.74, 6) is -1.57. The van der Waals surface area contributed by atoms with Crippen molar-refractivity contribution in [2.24, 2.45) is 17.8 Å². The van der Waals surface area contributed by atoms with Gasteiger partial charge in [-0.25, -0.2) is 9.68 Å². The summed E-state index contributed by atoms with van der Waals surface area (Å²) in [5.41, 5.74) is 0.653. The highest BCUT2D eigenvalue weighted by Crippen LogP contribution is 2.65. The van der Waals surface area contributed by atoms with Crippen molar-refractivity contribution in [3.63, 3.8) is 0 Å². The van der Waals surface area contributed by atoms with Crippen LogP contribution in [0, 0.1) is 17.8 Å². The average molecular weight is 557 g/mol. The molecule has 1 aromatic rings. The summed E-state index contributed by atoms with van der Waals surface area (Å²) in [4.78, 5) is 23.5. The molecule has 0 radical (unpaired) electrons. The molecule has 10 nitrogen and oxygen atoms in total. The Kier molecular flexibility index (Phi) is 7.73. The first-order valence-electron chi connectivity index (χ1n) is 13.4. The van der Waals surface area contributed by atoms with Gasteiger partial charge >= 0.3 is 5.97 Å². The second kappa shape index (κ2) is 10.5. The van der Waals surface area contributed by atoms with E-state index in [0.29, 0.717) is 23.7 Å². The zero-order valence-electron chi connectivity index (χ0n) is 21.8. The number of aliphatic hydroxyl groups is 3. The number of carboxylic acids is 1. The van der Waals surface area contributed by atoms with Crippen LogP contribution in [0.4, 0.5) is 0 Å². The van der Waals surface area contributed by atoms with Gasteiger partial charge in [0.2, 0.25) is 6.29 Å². The molecule has 11 atom stereocenters. The van der Waals surface area contributed by atoms with Crippen LogP contribution in [0.5, 0.6) is 5.75 Å². The van der Waals surface area contributed by atoms with Crippen LogP contribution in [0.1, 0.15) is 57.1 Å². The average Bonchev–Trinajstić information content (AvgIpc) is 2.88. The van der Waals surface area contributed by atoms with Crippen molar-refractivity contribution in [1.29, 1.82) is 0 Å². The van der Waals surface area contributed by atoms with Crippen LogP contribution in [-0.2, 0) is 36.3 Å². The second-order valence-electron chi connectivity index (χ2n) is 11.0. The zero-order valence-corrected chi connectivity index (χ0v) is 22.5. The molecule has 212 valence electrons. The number of rotatable bonds is 7. The van der Waals surface area contributed by atoms with Crippen LogP contribution in [0.2, 0.25) is 0 Å². The Morgan fingerprint density at radius 3 is 2.45 bits per heavy atom. The van der Waals surface area contributed by atoms with Gasteiger partial charge in [0.25, 0.3) is 5.79 Å². The van der Waals surface area contributed by atoms with Crippen LogP contribution in [0.15, 0.2) is 18.2 Å². The molecule has 2 aliphatic heterocycles. The van der Waals surface area contributed by atoms with Gasteiger partial charge in [-0.05, 0) is 61.5 Å². The summed E-state index contributed by atoms with van der Waals surface area (Å²) in [7, 11) is 1.58. The predicted molar refractivity (Wildman–Crippen MR) is 133 cm³/mol. The van der Waals surface area contributed by atoms with Gasteiger partial charge in [0.15, 0.2) is 11.7 Å². The number of benzene rings is 1. The van der Waals surface area contributed by atoms with E-state index < -0.39 is 48.1 Å². The van der Waals surface area contributed by atoms with Gasteiger partial charge in [0.1, 0.15) is 24.1 Å². The highest BCUT2D eigenvalue weighted by atomic mass is 35.5. The minimum Gasteiger partial charge on any atom is -0.479 e. The first-order valence-corrected chi connectivity index (χ1v) is 13.8. The first-order chi connectivity index (χ1) is 18.1. The molecule has 2 aliphatic carbocycles. The van der Waals surface area contributed by atoms with Crippen molar-refractivity contribution in [3.8, 4) is 5.75 Å². The van der Waals surface area contributed by atoms with E-state index in [1.54, 1.807) is 13.2 Å². The van der Waals surface area contributed by atoms with Gasteiger partial charge in [0, 0.05) is 18.1 Å². The molecule has 6 unspecified atom stereocenters. The highest BCUT2D eigenvalue weighted by Gasteiger charge is 2.74. The van der Waals surface area contributed by atoms with Crippen LogP contribution in [0.3, 0.4) is 0 Å². The molecule has 4 N–H and O–H groups in total. The third-order valence-corrected chi connectivity index (χ3v) is 9.41. The lowest BCUT2D eigenvalue weighted by molar-refractivity contribution is -0.641. The number of halogens is 1. The molecule has 0 amide bonds. The fourth-order valence-electron chi connectivity index (χ4n) is 7.19. The Hall–Kier alpha value is -1.50. The van der Waals surface area contributed by atoms with E-state index >= 15 is 0 Å². The molecule has 2 saturated heterocycles. The number of aliphatic hydroxyl groups excluding tert-OH is 3. The number of ether oxygens (including phenoxy) is 3. The predicted octanol–water partition coefficient (Wildman–Crippen LogP) is 2.47. The number of carbonyl (C=O) groups is 1. The number of fused-ring (bicyclic) bond motifs is 3. The Labute approximate surface area is 226 Å². The van der Waals surface area contributed by atoms with Crippen LogP contribution in [0.25, 0.3) is 0 Å². The lowest BCUT2D eigenvalue weighted by atomic mass is 9.54. The van der Waals surface area contributed by atoms with Crippen molar-refractivity contribution >= 4 is 17.6 Å². The minimum atomic E-state index is -1.81. The van der Waals surface area contributed by atoms with E-state index in [0.717, 1.165) is 37.7 Å². The quantitative estimate of drug-likeness (QED) is 0.292. The van der Waals surface area contributed by atoms with Gasteiger partial charge in [0.05, 0.1) is 0 Å². The van der Waals surface area contributed by atoms with Crippen molar-refractivity contribution in [2.45, 2.75) is 99.8 Å². The van der Waals surface area contributed by atoms with Gasteiger partial charge in [-0.3, -0.25) is 0 Å². The standard InChI is InChI=1S/C27H37ClO10/c1-4-14-6-7-16(12-19(14)35-25-22(31)20(29)21(30)23(36-25)24(32)33)27(34-3)26(37-38-27)15(5-2)8-13-9-17(26)11-18(28)10-13/h6-7,12-13,15,17-18,20-23,25,29-31H,4-5,8-11H2,1-3H3,(H,32,33)/t13?,15?,17?,18?,20-,21-,22+,23-,25+,26?,27?/m0/s1. The van der Waals surface area contributed by atoms with Crippen LogP contribution < -0.4 is 4.74 Å². The van der Waals surface area contributed by atoms with E-state index in [2.05, 4.69) is 6.92 Å². The molecule has 4 fully saturated rings. The second-order valence-corrected chi connectivity index (χ2v) is 11.6. The number of aryl methyl sites for hydroxylation is 1. The molecule has 2 bridgehead atoms. The number of alkyl halides is 1. The van der Waals surface area contributed by atoms with E-state index in [1.165, 1.54) is 0 Å². The number of carboxylic acid groups (broad SMARTS) is 1. The van der Waals surface area contributed by atoms with Gasteiger partial charge in [-0.1, -0.05) is 32.4 Å². The van der Waals surface area contributed by atoms with Gasteiger partial charge in [-0.2, -0.15) is 4.89 Å². The van der Waals surface area contributed by atoms with Crippen LogP contribution in [-0.4, -0.2) is 75.2 Å². The summed E-state index contributed by atoms with van der Waals surface area (Å²) in [5, 5.41) is 40.3. The maximum absolute atomic E-state index is 11.6. The maximum Gasteiger partial charge on any atom is 0.335 e. The molecule has 0 aromatic heterocycles. The Balaban J connectivity index is 1.51. The number of hydrogen-bond donors (Lipinski definition) is 4. The Morgan fingerprint density at radius 2 is 1.84 bits per heavy atom. The van der Waals surface area contributed by atoms with E-state index in [4.69, 9.17) is 35.6 Å².